The number of nitrogens with one attached hydrogen (secondary N) is 1. The molecule has 1 N–H and O–H groups in total. The predicted octanol–water partition coefficient (Wildman–Crippen LogP) is 0.136. The van der Waals surface area contributed by atoms with Gasteiger partial charge in [-0.05, 0) is 12.5 Å². The summed E-state index contributed by atoms with van der Waals surface area (Å²) >= 11 is 0. The molecule has 0 aromatic carbocycles. The van der Waals surface area contributed by atoms with Gasteiger partial charge < -0.3 is 15.0 Å². The first-order chi connectivity index (χ1) is 8.83. The van der Waals surface area contributed by atoms with Crippen LogP contribution in [0.5, 0.6) is 0 Å². The zero-order valence-corrected chi connectivity index (χ0v) is 10.1. The van der Waals surface area contributed by atoms with Gasteiger partial charge in [-0.15, -0.1) is 0 Å². The van der Waals surface area contributed by atoms with Gasteiger partial charge in [-0.3, -0.25) is 4.79 Å². The van der Waals surface area contributed by atoms with Gasteiger partial charge in [0.2, 0.25) is 11.9 Å². The van der Waals surface area contributed by atoms with Gasteiger partial charge in [0.25, 0.3) is 0 Å². The van der Waals surface area contributed by atoms with Crippen LogP contribution in [0.25, 0.3) is 0 Å². The second-order valence-electron chi connectivity index (χ2n) is 4.72. The van der Waals surface area contributed by atoms with Gasteiger partial charge in [-0.2, -0.15) is 0 Å². The minimum atomic E-state index is 0.0684. The van der Waals surface area contributed by atoms with Crippen LogP contribution in [0.15, 0.2) is 18.5 Å². The smallest absolute Gasteiger partial charge is 0.228 e. The molecule has 1 aromatic rings. The molecule has 1 aromatic heterocycles. The first-order valence-electron chi connectivity index (χ1n) is 6.23. The zero-order valence-electron chi connectivity index (χ0n) is 10.1. The first kappa shape index (κ1) is 11.4. The largest absolute Gasteiger partial charge is 0.381 e. The van der Waals surface area contributed by atoms with Gasteiger partial charge in [0.1, 0.15) is 0 Å². The summed E-state index contributed by atoms with van der Waals surface area (Å²) in [6, 6.07) is 2.04. The molecule has 0 spiro atoms. The summed E-state index contributed by atoms with van der Waals surface area (Å²) < 4.78 is 5.24. The Bertz CT molecular complexity index is 413. The molecular formula is C12H16N4O2. The monoisotopic (exact) mass is 248 g/mol. The van der Waals surface area contributed by atoms with Crippen molar-refractivity contribution in [3.8, 4) is 0 Å². The number of carbonyl (C=O) groups excluding carboxylic acids is 1. The number of ether oxygens (including phenoxy) is 1. The summed E-state index contributed by atoms with van der Waals surface area (Å²) in [5, 5.41) is 3.21. The minimum absolute atomic E-state index is 0.0684. The van der Waals surface area contributed by atoms with E-state index in [0.29, 0.717) is 19.2 Å². The number of likely N-dealkylation sites (tertiary alicyclic amines) is 1. The van der Waals surface area contributed by atoms with Gasteiger partial charge >= 0.3 is 0 Å². The summed E-state index contributed by atoms with van der Waals surface area (Å²) in [7, 11) is 0. The average Bonchev–Trinajstić information content (AvgIpc) is 2.87. The van der Waals surface area contributed by atoms with Crippen LogP contribution in [0.3, 0.4) is 0 Å². The van der Waals surface area contributed by atoms with Crippen molar-refractivity contribution >= 4 is 11.9 Å². The van der Waals surface area contributed by atoms with Gasteiger partial charge in [-0.25, -0.2) is 9.97 Å². The van der Waals surface area contributed by atoms with E-state index in [9.17, 15) is 4.79 Å². The molecule has 2 fully saturated rings. The van der Waals surface area contributed by atoms with E-state index in [1.54, 1.807) is 18.5 Å². The minimum Gasteiger partial charge on any atom is -0.381 e. The topological polar surface area (TPSA) is 67.3 Å². The van der Waals surface area contributed by atoms with Crippen LogP contribution >= 0.6 is 0 Å². The molecule has 3 rings (SSSR count). The van der Waals surface area contributed by atoms with Crippen molar-refractivity contribution < 1.29 is 9.53 Å². The number of nitrogens with zero attached hydrogens (tertiary/aromatic N) is 3. The third kappa shape index (κ3) is 2.28. The van der Waals surface area contributed by atoms with Gasteiger partial charge in [0, 0.05) is 32.1 Å². The Hall–Kier alpha value is -1.69. The number of hydrogen-bond acceptors (Lipinski definition) is 5. The molecule has 0 saturated carbocycles. The van der Waals surface area contributed by atoms with Crippen molar-refractivity contribution in [3.63, 3.8) is 0 Å². The van der Waals surface area contributed by atoms with E-state index in [-0.39, 0.29) is 17.9 Å². The van der Waals surface area contributed by atoms with E-state index >= 15 is 0 Å². The van der Waals surface area contributed by atoms with Crippen LogP contribution in [-0.4, -0.2) is 53.1 Å². The van der Waals surface area contributed by atoms with Crippen LogP contribution in [0, 0.1) is 5.92 Å². The number of carbonyl (C=O) groups is 1. The Morgan fingerprint density at radius 1 is 1.39 bits per heavy atom. The van der Waals surface area contributed by atoms with E-state index in [2.05, 4.69) is 15.3 Å². The Labute approximate surface area is 105 Å². The number of amides is 1. The van der Waals surface area contributed by atoms with E-state index in [1.807, 2.05) is 4.90 Å². The lowest BCUT2D eigenvalue weighted by Gasteiger charge is -2.40. The van der Waals surface area contributed by atoms with E-state index in [0.717, 1.165) is 19.5 Å². The molecule has 0 radical (unpaired) electrons. The van der Waals surface area contributed by atoms with Crippen molar-refractivity contribution in [2.24, 2.45) is 5.92 Å². The van der Waals surface area contributed by atoms with Crippen molar-refractivity contribution in [1.82, 2.24) is 14.9 Å². The molecule has 6 heteroatoms. The zero-order chi connectivity index (χ0) is 12.4. The fourth-order valence-electron chi connectivity index (χ4n) is 2.29. The predicted molar refractivity (Wildman–Crippen MR) is 64.9 cm³/mol. The second kappa shape index (κ2) is 4.89. The van der Waals surface area contributed by atoms with Crippen LogP contribution in [0.1, 0.15) is 6.42 Å². The Kier molecular flexibility index (Phi) is 3.10. The standard InChI is InChI=1S/C12H16N4O2/c17-11(9-2-5-18-8-9)16-6-10(7-16)15-12-13-3-1-4-14-12/h1,3-4,9-10H,2,5-8H2,(H,13,14,15)/t9-/m1/s1. The first-order valence-corrected chi connectivity index (χ1v) is 6.23. The Balaban J connectivity index is 1.47. The highest BCUT2D eigenvalue weighted by molar-refractivity contribution is 5.80. The van der Waals surface area contributed by atoms with Crippen LogP contribution < -0.4 is 5.32 Å². The fourth-order valence-corrected chi connectivity index (χ4v) is 2.29. The highest BCUT2D eigenvalue weighted by Crippen LogP contribution is 2.20. The molecule has 0 bridgehead atoms. The van der Waals surface area contributed by atoms with Crippen molar-refractivity contribution in [2.75, 3.05) is 31.6 Å². The molecule has 18 heavy (non-hydrogen) atoms. The van der Waals surface area contributed by atoms with Gasteiger partial charge in [0.15, 0.2) is 0 Å². The quantitative estimate of drug-likeness (QED) is 0.824. The number of rotatable bonds is 3. The molecule has 96 valence electrons. The number of anilines is 1. The van der Waals surface area contributed by atoms with Gasteiger partial charge in [-0.1, -0.05) is 0 Å². The lowest BCUT2D eigenvalue weighted by molar-refractivity contribution is -0.139. The molecule has 0 aliphatic carbocycles. The van der Waals surface area contributed by atoms with Crippen LogP contribution in [-0.2, 0) is 9.53 Å². The summed E-state index contributed by atoms with van der Waals surface area (Å²) in [4.78, 5) is 22.1. The van der Waals surface area contributed by atoms with E-state index in [4.69, 9.17) is 4.74 Å². The molecule has 0 unspecified atom stereocenters. The van der Waals surface area contributed by atoms with E-state index < -0.39 is 0 Å². The lowest BCUT2D eigenvalue weighted by Crippen LogP contribution is -2.58. The maximum atomic E-state index is 12.0. The average molecular weight is 248 g/mol. The molecular weight excluding hydrogens is 232 g/mol. The third-order valence-corrected chi connectivity index (χ3v) is 3.37. The highest BCUT2D eigenvalue weighted by Gasteiger charge is 2.36. The lowest BCUT2D eigenvalue weighted by atomic mass is 10.0. The molecule has 1 atom stereocenters. The number of hydrogen-bond donors (Lipinski definition) is 1. The summed E-state index contributed by atoms with van der Waals surface area (Å²) in [5.74, 6) is 0.914. The summed E-state index contributed by atoms with van der Waals surface area (Å²) in [6.07, 6.45) is 4.26. The normalized spacial score (nSPS) is 23.8. The SMILES string of the molecule is O=C([C@@H]1CCOC1)N1CC(Nc2ncccn2)C1. The Morgan fingerprint density at radius 3 is 2.83 bits per heavy atom. The molecule has 2 aliphatic rings. The second-order valence-corrected chi connectivity index (χ2v) is 4.72. The van der Waals surface area contributed by atoms with Crippen molar-refractivity contribution in [1.29, 1.82) is 0 Å². The van der Waals surface area contributed by atoms with Crippen molar-refractivity contribution in [3.05, 3.63) is 18.5 Å². The molecule has 1 amide bonds. The molecule has 3 heterocycles. The highest BCUT2D eigenvalue weighted by atomic mass is 16.5. The molecule has 2 saturated heterocycles. The fraction of sp³-hybridized carbons (Fsp3) is 0.583. The van der Waals surface area contributed by atoms with E-state index in [1.165, 1.54) is 0 Å². The molecule has 6 nitrogen and oxygen atoms in total. The van der Waals surface area contributed by atoms with Crippen LogP contribution in [0.4, 0.5) is 5.95 Å². The number of aromatic nitrogens is 2. The summed E-state index contributed by atoms with van der Waals surface area (Å²) in [5.41, 5.74) is 0. The maximum absolute atomic E-state index is 12.0. The summed E-state index contributed by atoms with van der Waals surface area (Å²) in [6.45, 7) is 2.75. The maximum Gasteiger partial charge on any atom is 0.228 e. The van der Waals surface area contributed by atoms with Gasteiger partial charge in [0.05, 0.1) is 18.6 Å². The third-order valence-electron chi connectivity index (χ3n) is 3.37. The van der Waals surface area contributed by atoms with Crippen molar-refractivity contribution in [2.45, 2.75) is 12.5 Å². The van der Waals surface area contributed by atoms with Crippen LogP contribution in [0.2, 0.25) is 0 Å². The Morgan fingerprint density at radius 2 is 2.17 bits per heavy atom. The molecule has 2 aliphatic heterocycles.